The Bertz CT molecular complexity index is 803. The van der Waals surface area contributed by atoms with Gasteiger partial charge >= 0.3 is 5.97 Å². The molecule has 0 spiro atoms. The Morgan fingerprint density at radius 3 is 3.00 bits per heavy atom. The molecule has 2 aromatic heterocycles. The fraction of sp³-hybridized carbons (Fsp3) is 0.231. The molecule has 0 radical (unpaired) electrons. The second-order valence-electron chi connectivity index (χ2n) is 4.66. The highest BCUT2D eigenvalue weighted by Gasteiger charge is 2.31. The molecule has 1 unspecified atom stereocenters. The van der Waals surface area contributed by atoms with E-state index in [0.717, 1.165) is 16.9 Å². The summed E-state index contributed by atoms with van der Waals surface area (Å²) in [7, 11) is -2.37. The van der Waals surface area contributed by atoms with E-state index >= 15 is 0 Å². The maximum Gasteiger partial charge on any atom is 0.328 e. The summed E-state index contributed by atoms with van der Waals surface area (Å²) < 4.78 is 31.9. The maximum absolute atomic E-state index is 12.3. The normalized spacial score (nSPS) is 16.7. The summed E-state index contributed by atoms with van der Waals surface area (Å²) in [6.07, 6.45) is 1.94. The molecule has 22 heavy (non-hydrogen) atoms. The Labute approximate surface area is 131 Å². The van der Waals surface area contributed by atoms with E-state index in [2.05, 4.69) is 15.0 Å². The first-order valence-corrected chi connectivity index (χ1v) is 8.76. The average Bonchev–Trinajstić information content (AvgIpc) is 3.16. The van der Waals surface area contributed by atoms with Crippen LogP contribution in [-0.4, -0.2) is 32.5 Å². The van der Waals surface area contributed by atoms with Crippen LogP contribution in [0.5, 0.6) is 0 Å². The number of sulfonamides is 1. The Balaban J connectivity index is 1.90. The van der Waals surface area contributed by atoms with Crippen LogP contribution < -0.4 is 10.0 Å². The number of rotatable bonds is 4. The van der Waals surface area contributed by atoms with Crippen LogP contribution in [0.3, 0.4) is 0 Å². The Kier molecular flexibility index (Phi) is 3.75. The first-order valence-electron chi connectivity index (χ1n) is 6.40. The number of aromatic nitrogens is 1. The number of fused-ring (bicyclic) bond motifs is 1. The number of thiophene rings is 1. The van der Waals surface area contributed by atoms with Crippen molar-refractivity contribution in [3.8, 4) is 0 Å². The van der Waals surface area contributed by atoms with Crippen LogP contribution in [0.25, 0.3) is 0 Å². The third-order valence-electron chi connectivity index (χ3n) is 3.26. The van der Waals surface area contributed by atoms with Gasteiger partial charge in [-0.3, -0.25) is 4.72 Å². The number of carbonyl (C=O) groups is 1. The summed E-state index contributed by atoms with van der Waals surface area (Å²) in [4.78, 5) is 15.7. The van der Waals surface area contributed by atoms with Gasteiger partial charge in [-0.25, -0.2) is 18.2 Å². The van der Waals surface area contributed by atoms with Crippen LogP contribution in [0, 0.1) is 0 Å². The SMILES string of the molecule is COC(=O)C1Cc2ccnc(NS(=O)(=O)c3cccs3)c2N1. The van der Waals surface area contributed by atoms with Gasteiger partial charge in [0.1, 0.15) is 10.3 Å². The molecule has 0 fully saturated rings. The Morgan fingerprint density at radius 1 is 1.50 bits per heavy atom. The fourth-order valence-corrected chi connectivity index (χ4v) is 4.25. The molecule has 3 rings (SSSR count). The molecular weight excluding hydrogens is 326 g/mol. The number of hydrogen-bond donors (Lipinski definition) is 2. The standard InChI is InChI=1S/C13H13N3O4S2/c1-20-13(17)9-7-8-4-5-14-12(11(8)15-9)16-22(18,19)10-3-2-6-21-10/h2-6,9,15H,7H2,1H3,(H,14,16). The molecule has 1 atom stereocenters. The van der Waals surface area contributed by atoms with Crippen molar-refractivity contribution in [1.82, 2.24) is 4.98 Å². The van der Waals surface area contributed by atoms with Gasteiger partial charge in [0, 0.05) is 12.6 Å². The summed E-state index contributed by atoms with van der Waals surface area (Å²) >= 11 is 1.12. The Hall–Kier alpha value is -2.13. The van der Waals surface area contributed by atoms with E-state index in [9.17, 15) is 13.2 Å². The number of methoxy groups -OCH3 is 1. The molecular formula is C13H13N3O4S2. The number of anilines is 2. The molecule has 3 heterocycles. The molecule has 0 aliphatic carbocycles. The lowest BCUT2D eigenvalue weighted by Crippen LogP contribution is -2.28. The molecule has 1 aliphatic heterocycles. The van der Waals surface area contributed by atoms with E-state index in [1.54, 1.807) is 17.5 Å². The number of esters is 1. The molecule has 0 saturated carbocycles. The van der Waals surface area contributed by atoms with Gasteiger partial charge in [0.2, 0.25) is 0 Å². The number of ether oxygens (including phenoxy) is 1. The number of hydrogen-bond acceptors (Lipinski definition) is 7. The van der Waals surface area contributed by atoms with Crippen LogP contribution in [0.1, 0.15) is 5.56 Å². The van der Waals surface area contributed by atoms with Crippen molar-refractivity contribution in [1.29, 1.82) is 0 Å². The number of nitrogens with zero attached hydrogens (tertiary/aromatic N) is 1. The second-order valence-corrected chi connectivity index (χ2v) is 7.51. The molecule has 9 heteroatoms. The lowest BCUT2D eigenvalue weighted by Gasteiger charge is -2.11. The van der Waals surface area contributed by atoms with Gasteiger partial charge in [0.05, 0.1) is 12.8 Å². The molecule has 0 amide bonds. The zero-order chi connectivity index (χ0) is 15.7. The van der Waals surface area contributed by atoms with Crippen molar-refractivity contribution < 1.29 is 17.9 Å². The summed E-state index contributed by atoms with van der Waals surface area (Å²) in [5.74, 6) is -0.222. The van der Waals surface area contributed by atoms with E-state index in [4.69, 9.17) is 4.74 Å². The van der Waals surface area contributed by atoms with Crippen molar-refractivity contribution >= 4 is 38.8 Å². The van der Waals surface area contributed by atoms with E-state index in [-0.39, 0.29) is 10.0 Å². The van der Waals surface area contributed by atoms with Crippen LogP contribution in [-0.2, 0) is 26.0 Å². The second kappa shape index (κ2) is 5.58. The van der Waals surface area contributed by atoms with Gasteiger partial charge in [-0.05, 0) is 23.1 Å². The smallest absolute Gasteiger partial charge is 0.328 e. The van der Waals surface area contributed by atoms with E-state index in [1.165, 1.54) is 19.4 Å². The molecule has 1 aliphatic rings. The van der Waals surface area contributed by atoms with Crippen molar-refractivity contribution in [3.05, 3.63) is 35.3 Å². The predicted molar refractivity (Wildman–Crippen MR) is 82.5 cm³/mol. The molecule has 0 bridgehead atoms. The molecule has 0 saturated heterocycles. The lowest BCUT2D eigenvalue weighted by atomic mass is 10.1. The fourth-order valence-electron chi connectivity index (χ4n) is 2.23. The van der Waals surface area contributed by atoms with Crippen molar-refractivity contribution in [2.24, 2.45) is 0 Å². The molecule has 0 aromatic carbocycles. The zero-order valence-corrected chi connectivity index (χ0v) is 13.2. The third-order valence-corrected chi connectivity index (χ3v) is 5.99. The number of pyridine rings is 1. The monoisotopic (exact) mass is 339 g/mol. The van der Waals surface area contributed by atoms with Gasteiger partial charge in [-0.1, -0.05) is 6.07 Å². The predicted octanol–water partition coefficient (Wildman–Crippen LogP) is 1.45. The summed E-state index contributed by atoms with van der Waals surface area (Å²) in [5.41, 5.74) is 1.33. The molecule has 7 nitrogen and oxygen atoms in total. The lowest BCUT2D eigenvalue weighted by molar-refractivity contribution is -0.141. The summed E-state index contributed by atoms with van der Waals surface area (Å²) in [5, 5.41) is 4.64. The van der Waals surface area contributed by atoms with Crippen molar-refractivity contribution in [2.75, 3.05) is 17.1 Å². The van der Waals surface area contributed by atoms with Gasteiger partial charge in [-0.2, -0.15) is 0 Å². The Morgan fingerprint density at radius 2 is 2.32 bits per heavy atom. The minimum Gasteiger partial charge on any atom is -0.467 e. The largest absolute Gasteiger partial charge is 0.467 e. The van der Waals surface area contributed by atoms with Crippen LogP contribution in [0.4, 0.5) is 11.5 Å². The topological polar surface area (TPSA) is 97.4 Å². The first kappa shape index (κ1) is 14.8. The van der Waals surface area contributed by atoms with E-state index in [1.807, 2.05) is 0 Å². The third kappa shape index (κ3) is 2.64. The highest BCUT2D eigenvalue weighted by atomic mass is 32.2. The molecule has 116 valence electrons. The molecule has 2 aromatic rings. The number of nitrogens with one attached hydrogen (secondary N) is 2. The van der Waals surface area contributed by atoms with Gasteiger partial charge < -0.3 is 10.1 Å². The minimum absolute atomic E-state index is 0.178. The van der Waals surface area contributed by atoms with Gasteiger partial charge in [0.15, 0.2) is 5.82 Å². The maximum atomic E-state index is 12.3. The van der Waals surface area contributed by atoms with Gasteiger partial charge in [0.25, 0.3) is 10.0 Å². The molecule has 2 N–H and O–H groups in total. The quantitative estimate of drug-likeness (QED) is 0.819. The van der Waals surface area contributed by atoms with Crippen molar-refractivity contribution in [2.45, 2.75) is 16.7 Å². The minimum atomic E-state index is -3.69. The average molecular weight is 339 g/mol. The first-order chi connectivity index (χ1) is 10.5. The summed E-state index contributed by atoms with van der Waals surface area (Å²) in [6.45, 7) is 0. The van der Waals surface area contributed by atoms with Crippen molar-refractivity contribution in [3.63, 3.8) is 0 Å². The highest BCUT2D eigenvalue weighted by molar-refractivity contribution is 7.94. The van der Waals surface area contributed by atoms with Crippen LogP contribution >= 0.6 is 11.3 Å². The highest BCUT2D eigenvalue weighted by Crippen LogP contribution is 2.33. The summed E-state index contributed by atoms with van der Waals surface area (Å²) in [6, 6.07) is 4.39. The van der Waals surface area contributed by atoms with Gasteiger partial charge in [-0.15, -0.1) is 11.3 Å². The van der Waals surface area contributed by atoms with Crippen LogP contribution in [0.2, 0.25) is 0 Å². The van der Waals surface area contributed by atoms with E-state index in [0.29, 0.717) is 12.1 Å². The zero-order valence-electron chi connectivity index (χ0n) is 11.6. The van der Waals surface area contributed by atoms with E-state index < -0.39 is 22.0 Å². The number of carbonyl (C=O) groups excluding carboxylic acids is 1. The van der Waals surface area contributed by atoms with Crippen LogP contribution in [0.15, 0.2) is 34.0 Å².